The highest BCUT2D eigenvalue weighted by molar-refractivity contribution is 7.12. The van der Waals surface area contributed by atoms with Crippen molar-refractivity contribution in [3.63, 3.8) is 0 Å². The lowest BCUT2D eigenvalue weighted by molar-refractivity contribution is -0.671. The lowest BCUT2D eigenvalue weighted by atomic mass is 9.92. The molecule has 0 aliphatic carbocycles. The van der Waals surface area contributed by atoms with Crippen LogP contribution in [0.5, 0.6) is 0 Å². The van der Waals surface area contributed by atoms with Crippen LogP contribution < -0.4 is 15.6 Å². The second-order valence-electron chi connectivity index (χ2n) is 7.67. The van der Waals surface area contributed by atoms with Crippen molar-refractivity contribution in [2.24, 2.45) is 18.7 Å². The average molecular weight is 452 g/mol. The fraction of sp³-hybridized carbons (Fsp3) is 0.250. The maximum absolute atomic E-state index is 12.9. The Bertz CT molecular complexity index is 1140. The number of nitrogens with zero attached hydrogens (tertiary/aromatic N) is 1. The molecule has 0 saturated carbocycles. The van der Waals surface area contributed by atoms with Crippen LogP contribution in [-0.4, -0.2) is 30.9 Å². The average Bonchev–Trinajstić information content (AvgIpc) is 3.27. The number of esters is 1. The van der Waals surface area contributed by atoms with Gasteiger partial charge in [0.05, 0.1) is 17.9 Å². The van der Waals surface area contributed by atoms with E-state index in [1.54, 1.807) is 25.1 Å². The van der Waals surface area contributed by atoms with Crippen LogP contribution in [0.3, 0.4) is 0 Å². The van der Waals surface area contributed by atoms with Crippen LogP contribution in [0, 0.1) is 11.3 Å². The highest BCUT2D eigenvalue weighted by Gasteiger charge is 2.28. The van der Waals surface area contributed by atoms with E-state index >= 15 is 0 Å². The van der Waals surface area contributed by atoms with Crippen LogP contribution in [0.15, 0.2) is 60.2 Å². The number of nitrogens with one attached hydrogen (secondary N) is 2. The number of carbonyl (C=O) groups excluding carboxylic acids is 2. The lowest BCUT2D eigenvalue weighted by Gasteiger charge is -2.23. The van der Waals surface area contributed by atoms with Gasteiger partial charge < -0.3 is 15.8 Å². The second kappa shape index (κ2) is 10.2. The first kappa shape index (κ1) is 23.1. The Morgan fingerprint density at radius 2 is 2.00 bits per heavy atom. The van der Waals surface area contributed by atoms with Crippen molar-refractivity contribution in [2.45, 2.75) is 19.4 Å². The molecule has 3 aromatic rings. The highest BCUT2D eigenvalue weighted by atomic mass is 32.1. The van der Waals surface area contributed by atoms with E-state index in [-0.39, 0.29) is 11.7 Å². The molecule has 0 bridgehead atoms. The van der Waals surface area contributed by atoms with Crippen molar-refractivity contribution >= 4 is 29.0 Å². The first-order valence-corrected chi connectivity index (χ1v) is 11.0. The number of nitrogens with two attached hydrogens (primary N) is 1. The van der Waals surface area contributed by atoms with Crippen molar-refractivity contribution in [1.29, 1.82) is 5.41 Å². The Morgan fingerprint density at radius 3 is 2.69 bits per heavy atom. The second-order valence-corrected chi connectivity index (χ2v) is 8.58. The summed E-state index contributed by atoms with van der Waals surface area (Å²) in [6, 6.07) is 12.5. The van der Waals surface area contributed by atoms with Crippen LogP contribution >= 0.6 is 11.3 Å². The predicted molar refractivity (Wildman–Crippen MR) is 125 cm³/mol. The summed E-state index contributed by atoms with van der Waals surface area (Å²) in [6.07, 6.45) is 4.30. The number of hydrogen-bond acceptors (Lipinski definition) is 5. The Morgan fingerprint density at radius 1 is 1.22 bits per heavy atom. The third kappa shape index (κ3) is 5.59. The van der Waals surface area contributed by atoms with E-state index in [2.05, 4.69) is 5.32 Å². The number of carbonyl (C=O) groups is 2. The summed E-state index contributed by atoms with van der Waals surface area (Å²) in [5.41, 5.74) is 8.99. The van der Waals surface area contributed by atoms with Crippen molar-refractivity contribution in [3.05, 3.63) is 76.2 Å². The monoisotopic (exact) mass is 451 g/mol. The molecule has 1 aromatic carbocycles. The number of rotatable bonds is 8. The molecule has 0 aliphatic heterocycles. The molecule has 2 aromatic heterocycles. The molecular weight excluding hydrogens is 424 g/mol. The molecule has 3 rings (SSSR count). The van der Waals surface area contributed by atoms with E-state index in [0.29, 0.717) is 16.9 Å². The number of hydrogen-bond donors (Lipinski definition) is 3. The van der Waals surface area contributed by atoms with Crippen LogP contribution in [0.2, 0.25) is 0 Å². The van der Waals surface area contributed by atoms with Gasteiger partial charge in [-0.2, -0.15) is 0 Å². The Balaban J connectivity index is 1.74. The molecule has 0 unspecified atom stereocenters. The maximum Gasteiger partial charge on any atom is 0.311 e. The van der Waals surface area contributed by atoms with Gasteiger partial charge in [0.2, 0.25) is 0 Å². The normalized spacial score (nSPS) is 12.6. The van der Waals surface area contributed by atoms with Crippen molar-refractivity contribution < 1.29 is 18.9 Å². The number of nitrogen functional groups attached to an aromatic ring is 1. The number of aromatic nitrogens is 1. The summed E-state index contributed by atoms with van der Waals surface area (Å²) in [7, 11) is 3.28. The molecule has 1 amide bonds. The van der Waals surface area contributed by atoms with Crippen molar-refractivity contribution in [2.75, 3.05) is 7.11 Å². The molecule has 0 saturated heterocycles. The van der Waals surface area contributed by atoms with Crippen molar-refractivity contribution in [1.82, 2.24) is 5.32 Å². The molecule has 0 radical (unpaired) electrons. The molecule has 2 atom stereocenters. The zero-order chi connectivity index (χ0) is 23.3. The van der Waals surface area contributed by atoms with E-state index in [1.165, 1.54) is 18.4 Å². The van der Waals surface area contributed by atoms with Crippen LogP contribution in [-0.2, 0) is 23.0 Å². The first-order valence-electron chi connectivity index (χ1n) is 10.1. The highest BCUT2D eigenvalue weighted by Crippen LogP contribution is 2.25. The van der Waals surface area contributed by atoms with E-state index in [1.807, 2.05) is 53.7 Å². The summed E-state index contributed by atoms with van der Waals surface area (Å²) in [6.45, 7) is 1.79. The van der Waals surface area contributed by atoms with E-state index in [4.69, 9.17) is 15.9 Å². The molecule has 166 valence electrons. The van der Waals surface area contributed by atoms with E-state index in [9.17, 15) is 9.59 Å². The van der Waals surface area contributed by atoms with Crippen molar-refractivity contribution in [3.8, 4) is 11.1 Å². The molecule has 0 spiro atoms. The fourth-order valence-corrected chi connectivity index (χ4v) is 4.30. The van der Waals surface area contributed by atoms with Gasteiger partial charge in [-0.1, -0.05) is 18.2 Å². The minimum atomic E-state index is -0.584. The fourth-order valence-electron chi connectivity index (χ4n) is 3.48. The topological polar surface area (TPSA) is 109 Å². The van der Waals surface area contributed by atoms with Gasteiger partial charge in [0.15, 0.2) is 12.4 Å². The van der Waals surface area contributed by atoms with Crippen LogP contribution in [0.25, 0.3) is 11.1 Å². The zero-order valence-corrected chi connectivity index (χ0v) is 19.1. The van der Waals surface area contributed by atoms with E-state index < -0.39 is 17.9 Å². The van der Waals surface area contributed by atoms with Crippen LogP contribution in [0.1, 0.15) is 27.7 Å². The lowest BCUT2D eigenvalue weighted by Crippen LogP contribution is -2.42. The molecule has 7 nitrogen and oxygen atoms in total. The number of amides is 1. The Labute approximate surface area is 191 Å². The number of aryl methyl sites for hydroxylation is 1. The number of benzene rings is 1. The Kier molecular flexibility index (Phi) is 7.37. The van der Waals surface area contributed by atoms with Crippen LogP contribution in [0.4, 0.5) is 0 Å². The van der Waals surface area contributed by atoms with Gasteiger partial charge in [-0.05, 0) is 48.1 Å². The number of amidine groups is 1. The van der Waals surface area contributed by atoms with Gasteiger partial charge in [-0.25, -0.2) is 4.57 Å². The number of ether oxygens (including phenoxy) is 1. The molecule has 32 heavy (non-hydrogen) atoms. The maximum atomic E-state index is 12.9. The van der Waals surface area contributed by atoms with Gasteiger partial charge in [0.1, 0.15) is 12.9 Å². The smallest absolute Gasteiger partial charge is 0.311 e. The molecule has 0 aliphatic rings. The standard InChI is InChI=1S/C24H26N4O3S/c1-15(20(24(30)31-3)11-16-6-4-7-17(10-16)22(25)26)27-23(29)21-12-19(14-32-21)18-8-5-9-28(2)13-18/h4-10,12-15,20H,11H2,1-3H3,(H3-,25,26,27,29)/p+1/t15-,20-/m1/s1. The third-order valence-electron chi connectivity index (χ3n) is 5.26. The predicted octanol–water partition coefficient (Wildman–Crippen LogP) is 2.67. The first-order chi connectivity index (χ1) is 15.3. The number of methoxy groups -OCH3 is 1. The molecule has 4 N–H and O–H groups in total. The number of pyridine rings is 1. The summed E-state index contributed by atoms with van der Waals surface area (Å²) >= 11 is 1.36. The molecule has 0 fully saturated rings. The van der Waals surface area contributed by atoms with E-state index in [0.717, 1.165) is 16.7 Å². The number of thiophene rings is 1. The zero-order valence-electron chi connectivity index (χ0n) is 18.3. The molecule has 2 heterocycles. The Hall–Kier alpha value is -3.52. The van der Waals surface area contributed by atoms with Gasteiger partial charge in [0.25, 0.3) is 5.91 Å². The summed E-state index contributed by atoms with van der Waals surface area (Å²) in [4.78, 5) is 25.9. The summed E-state index contributed by atoms with van der Waals surface area (Å²) in [5, 5.41) is 12.5. The van der Waals surface area contributed by atoms with Gasteiger partial charge >= 0.3 is 5.97 Å². The summed E-state index contributed by atoms with van der Waals surface area (Å²) < 4.78 is 6.94. The molecule has 8 heteroatoms. The SMILES string of the molecule is COC(=O)[C@H](Cc1cccc(C(=N)N)c1)[C@@H](C)NC(=O)c1cc(-c2ccc[n+](C)c2)cs1. The summed E-state index contributed by atoms with van der Waals surface area (Å²) in [5.74, 6) is -1.27. The minimum Gasteiger partial charge on any atom is -0.469 e. The van der Waals surface area contributed by atoms with Gasteiger partial charge in [-0.3, -0.25) is 15.0 Å². The third-order valence-corrected chi connectivity index (χ3v) is 6.19. The molecular formula is C24H27N4O3S+. The quantitative estimate of drug-likeness (QED) is 0.212. The van der Waals surface area contributed by atoms with Gasteiger partial charge in [-0.15, -0.1) is 11.3 Å². The largest absolute Gasteiger partial charge is 0.469 e. The minimum absolute atomic E-state index is 0.0386. The van der Waals surface area contributed by atoms with Gasteiger partial charge in [0, 0.05) is 23.2 Å².